The molecule has 0 radical (unpaired) electrons. The van der Waals surface area contributed by atoms with Crippen molar-refractivity contribution in [2.75, 3.05) is 11.9 Å². The molecule has 8 nitrogen and oxygen atoms in total. The second kappa shape index (κ2) is 11.3. The number of carbonyl (C=O) groups is 1. The second-order valence-corrected chi connectivity index (χ2v) is 11.4. The van der Waals surface area contributed by atoms with Gasteiger partial charge in [0.1, 0.15) is 4.90 Å². The molecule has 13 heteroatoms. The number of aromatic nitrogens is 1. The van der Waals surface area contributed by atoms with Crippen LogP contribution in [0.15, 0.2) is 53.6 Å². The van der Waals surface area contributed by atoms with Gasteiger partial charge in [0, 0.05) is 9.77 Å². The summed E-state index contributed by atoms with van der Waals surface area (Å²) in [5.74, 6) is -3.88. The number of nitrogens with one attached hydrogen (secondary N) is 3. The van der Waals surface area contributed by atoms with Crippen molar-refractivity contribution in [3.05, 3.63) is 80.1 Å². The topological polar surface area (TPSA) is 109 Å². The highest BCUT2D eigenvalue weighted by Crippen LogP contribution is 2.34. The summed E-state index contributed by atoms with van der Waals surface area (Å²) in [6, 6.07) is 10.4. The number of rotatable bonds is 10. The maximum absolute atomic E-state index is 15.3. The van der Waals surface area contributed by atoms with Crippen LogP contribution in [0.5, 0.6) is 0 Å². The lowest BCUT2D eigenvalue weighted by Gasteiger charge is -2.17. The maximum atomic E-state index is 15.3. The van der Waals surface area contributed by atoms with Gasteiger partial charge in [0.05, 0.1) is 40.8 Å². The van der Waals surface area contributed by atoms with Crippen molar-refractivity contribution in [2.24, 2.45) is 5.92 Å². The van der Waals surface area contributed by atoms with Gasteiger partial charge in [-0.1, -0.05) is 17.7 Å². The quantitative estimate of drug-likeness (QED) is 0.213. The minimum absolute atomic E-state index is 0.187. The fraction of sp³-hybridized carbons (Fsp3) is 0.217. The number of hydrogen-bond acceptors (Lipinski definition) is 6. The zero-order valence-electron chi connectivity index (χ0n) is 18.5. The van der Waals surface area contributed by atoms with Crippen LogP contribution in [-0.2, 0) is 21.4 Å². The van der Waals surface area contributed by atoms with Crippen molar-refractivity contribution >= 4 is 61.5 Å². The molecule has 3 N–H and O–H groups in total. The number of carbonyl (C=O) groups excluding carboxylic acids is 1. The zero-order chi connectivity index (χ0) is 25.9. The summed E-state index contributed by atoms with van der Waals surface area (Å²) < 4.78 is 59.2. The van der Waals surface area contributed by atoms with Gasteiger partial charge in [-0.15, -0.1) is 0 Å². The average molecular weight is 649 g/mol. The molecule has 0 bridgehead atoms. The number of pyridine rings is 1. The van der Waals surface area contributed by atoms with Gasteiger partial charge in [0.15, 0.2) is 11.6 Å². The third-order valence-electron chi connectivity index (χ3n) is 5.25. The number of amides is 1. The van der Waals surface area contributed by atoms with Gasteiger partial charge in [0.25, 0.3) is 5.91 Å². The molecule has 1 aliphatic rings. The number of hydroxylamine groups is 1. The Balaban J connectivity index is 1.70. The molecule has 0 spiro atoms. The Labute approximate surface area is 224 Å². The standard InChI is InChI=1S/C23H20ClF2IN4O4S/c24-17-9-14(27)6-7-18(17)30-22-16(23(32)31-35-12-13-4-5-13)10-19(20(25)21(22)26)36(33,34)29-11-15-3-1-2-8-28-15/h1-3,6-10,13,29-30H,4-5,11-12H2,(H,31,32). The van der Waals surface area contributed by atoms with E-state index >= 15 is 8.78 Å². The molecule has 3 aromatic rings. The Hall–Kier alpha value is -2.39. The van der Waals surface area contributed by atoms with Crippen LogP contribution in [0.3, 0.4) is 0 Å². The number of hydrogen-bond donors (Lipinski definition) is 3. The minimum atomic E-state index is -4.58. The van der Waals surface area contributed by atoms with Crippen molar-refractivity contribution in [2.45, 2.75) is 24.3 Å². The van der Waals surface area contributed by atoms with Gasteiger partial charge in [-0.05, 0) is 77.7 Å². The molecule has 1 heterocycles. The molecule has 1 amide bonds. The fourth-order valence-corrected chi connectivity index (χ4v) is 5.13. The largest absolute Gasteiger partial charge is 0.351 e. The summed E-state index contributed by atoms with van der Waals surface area (Å²) in [5, 5.41) is 2.80. The molecule has 1 fully saturated rings. The molecule has 1 aromatic heterocycles. The van der Waals surface area contributed by atoms with Gasteiger partial charge in [-0.3, -0.25) is 14.6 Å². The summed E-state index contributed by atoms with van der Waals surface area (Å²) >= 11 is 8.24. The molecular weight excluding hydrogens is 629 g/mol. The Morgan fingerprint density at radius 2 is 1.94 bits per heavy atom. The highest BCUT2D eigenvalue weighted by Gasteiger charge is 2.30. The van der Waals surface area contributed by atoms with Crippen LogP contribution in [0.4, 0.5) is 20.2 Å². The molecule has 0 saturated heterocycles. The van der Waals surface area contributed by atoms with Crippen LogP contribution >= 0.6 is 34.2 Å². The summed E-state index contributed by atoms with van der Waals surface area (Å²) in [6.07, 6.45) is 3.39. The first-order valence-electron chi connectivity index (χ1n) is 10.7. The Morgan fingerprint density at radius 3 is 2.61 bits per heavy atom. The van der Waals surface area contributed by atoms with Gasteiger partial charge in [0.2, 0.25) is 10.0 Å². The molecule has 0 aliphatic heterocycles. The summed E-state index contributed by atoms with van der Waals surface area (Å²) in [4.78, 5) is 21.0. The van der Waals surface area contributed by atoms with Gasteiger partial charge in [-0.2, -0.15) is 0 Å². The van der Waals surface area contributed by atoms with E-state index in [-0.39, 0.29) is 23.9 Å². The first kappa shape index (κ1) is 26.7. The fourth-order valence-electron chi connectivity index (χ4n) is 3.14. The van der Waals surface area contributed by atoms with Crippen molar-refractivity contribution in [3.8, 4) is 0 Å². The van der Waals surface area contributed by atoms with E-state index in [0.717, 1.165) is 22.5 Å². The maximum Gasteiger partial charge on any atom is 0.277 e. The van der Waals surface area contributed by atoms with Gasteiger partial charge in [-0.25, -0.2) is 27.4 Å². The van der Waals surface area contributed by atoms with Crippen molar-refractivity contribution in [1.82, 2.24) is 15.2 Å². The predicted molar refractivity (Wildman–Crippen MR) is 138 cm³/mol. The molecular formula is C23H20ClF2IN4O4S. The van der Waals surface area contributed by atoms with E-state index in [1.165, 1.54) is 12.3 Å². The van der Waals surface area contributed by atoms with Crippen LogP contribution < -0.4 is 15.5 Å². The van der Waals surface area contributed by atoms with Gasteiger partial charge >= 0.3 is 0 Å². The van der Waals surface area contributed by atoms with Crippen molar-refractivity contribution in [3.63, 3.8) is 0 Å². The molecule has 190 valence electrons. The lowest BCUT2D eigenvalue weighted by molar-refractivity contribution is 0.0270. The number of benzene rings is 2. The van der Waals surface area contributed by atoms with Crippen molar-refractivity contribution in [1.29, 1.82) is 0 Å². The number of anilines is 2. The lowest BCUT2D eigenvalue weighted by atomic mass is 10.1. The third-order valence-corrected chi connectivity index (χ3v) is 7.63. The third kappa shape index (κ3) is 6.48. The molecule has 0 unspecified atom stereocenters. The predicted octanol–water partition coefficient (Wildman–Crippen LogP) is 4.91. The van der Waals surface area contributed by atoms with E-state index in [9.17, 15) is 13.2 Å². The second-order valence-electron chi connectivity index (χ2n) is 8.01. The van der Waals surface area contributed by atoms with E-state index in [1.54, 1.807) is 30.3 Å². The van der Waals surface area contributed by atoms with E-state index in [1.807, 2.05) is 22.6 Å². The van der Waals surface area contributed by atoms with Crippen LogP contribution in [-0.4, -0.2) is 25.9 Å². The normalized spacial score (nSPS) is 13.4. The van der Waals surface area contributed by atoms with E-state index < -0.39 is 43.7 Å². The summed E-state index contributed by atoms with van der Waals surface area (Å²) in [6.45, 7) is -0.0214. The molecule has 2 aromatic carbocycles. The summed E-state index contributed by atoms with van der Waals surface area (Å²) in [5.41, 5.74) is 1.64. The Kier molecular flexibility index (Phi) is 8.40. The highest BCUT2D eigenvalue weighted by atomic mass is 127. The SMILES string of the molecule is O=C(NOCC1CC1)c1cc(S(=O)(=O)NCc2ccccn2)c(F)c(F)c1Nc1ccc(I)cc1Cl. The Morgan fingerprint density at radius 1 is 1.17 bits per heavy atom. The van der Waals surface area contributed by atoms with E-state index in [0.29, 0.717) is 11.6 Å². The van der Waals surface area contributed by atoms with Crippen LogP contribution in [0, 0.1) is 21.1 Å². The first-order chi connectivity index (χ1) is 17.2. The molecule has 4 rings (SSSR count). The van der Waals surface area contributed by atoms with Crippen LogP contribution in [0.25, 0.3) is 0 Å². The number of nitrogens with zero attached hydrogens (tertiary/aromatic N) is 1. The van der Waals surface area contributed by atoms with Crippen LogP contribution in [0.2, 0.25) is 5.02 Å². The van der Waals surface area contributed by atoms with Crippen LogP contribution in [0.1, 0.15) is 28.9 Å². The lowest BCUT2D eigenvalue weighted by Crippen LogP contribution is -2.28. The number of halogens is 4. The first-order valence-corrected chi connectivity index (χ1v) is 13.7. The van der Waals surface area contributed by atoms with Crippen molar-refractivity contribution < 1.29 is 26.8 Å². The molecule has 1 saturated carbocycles. The summed E-state index contributed by atoms with van der Waals surface area (Å²) in [7, 11) is -4.58. The average Bonchev–Trinajstić information content (AvgIpc) is 3.67. The monoisotopic (exact) mass is 648 g/mol. The minimum Gasteiger partial charge on any atom is -0.351 e. The van der Waals surface area contributed by atoms with Gasteiger partial charge < -0.3 is 5.32 Å². The number of sulfonamides is 1. The highest BCUT2D eigenvalue weighted by molar-refractivity contribution is 14.1. The molecule has 36 heavy (non-hydrogen) atoms. The van der Waals surface area contributed by atoms with E-state index in [2.05, 4.69) is 20.5 Å². The zero-order valence-corrected chi connectivity index (χ0v) is 22.3. The molecule has 1 aliphatic carbocycles. The Bertz CT molecular complexity index is 1390. The molecule has 0 atom stereocenters. The van der Waals surface area contributed by atoms with E-state index in [4.69, 9.17) is 16.4 Å². The smallest absolute Gasteiger partial charge is 0.277 e.